The lowest BCUT2D eigenvalue weighted by Crippen LogP contribution is -2.49. The highest BCUT2D eigenvalue weighted by atomic mass is 19.1. The Kier molecular flexibility index (Phi) is 6.04. The largest absolute Gasteiger partial charge is 0.441 e. The summed E-state index contributed by atoms with van der Waals surface area (Å²) < 4.78 is 19.4. The smallest absolute Gasteiger partial charge is 0.223 e. The fraction of sp³-hybridized carbons (Fsp3) is 0.500. The molecule has 1 amide bonds. The number of oxazole rings is 1. The van der Waals surface area contributed by atoms with Gasteiger partial charge in [0.1, 0.15) is 5.82 Å². The molecular weight excluding hydrogens is 333 g/mol. The van der Waals surface area contributed by atoms with Gasteiger partial charge in [-0.2, -0.15) is 0 Å². The van der Waals surface area contributed by atoms with E-state index in [4.69, 9.17) is 4.42 Å². The molecule has 0 aliphatic carbocycles. The van der Waals surface area contributed by atoms with Crippen LogP contribution < -0.4 is 0 Å². The Morgan fingerprint density at radius 1 is 1.23 bits per heavy atom. The van der Waals surface area contributed by atoms with Crippen LogP contribution in [0, 0.1) is 11.7 Å². The lowest BCUT2D eigenvalue weighted by Gasteiger charge is -2.35. The Hall–Kier alpha value is -2.21. The molecule has 1 fully saturated rings. The van der Waals surface area contributed by atoms with Gasteiger partial charge in [0.2, 0.25) is 5.91 Å². The number of piperazine rings is 1. The average molecular weight is 359 g/mol. The van der Waals surface area contributed by atoms with Gasteiger partial charge in [0, 0.05) is 45.6 Å². The first-order valence-electron chi connectivity index (χ1n) is 9.22. The molecule has 1 aromatic carbocycles. The maximum Gasteiger partial charge on any atom is 0.223 e. The monoisotopic (exact) mass is 359 g/mol. The summed E-state index contributed by atoms with van der Waals surface area (Å²) in [5.41, 5.74) is 0.388. The van der Waals surface area contributed by atoms with E-state index in [1.54, 1.807) is 18.2 Å². The van der Waals surface area contributed by atoms with Crippen molar-refractivity contribution in [1.29, 1.82) is 0 Å². The molecule has 1 aliphatic rings. The van der Waals surface area contributed by atoms with Gasteiger partial charge in [0.25, 0.3) is 0 Å². The first-order chi connectivity index (χ1) is 12.5. The molecule has 0 N–H and O–H groups in total. The van der Waals surface area contributed by atoms with Crippen molar-refractivity contribution in [2.24, 2.45) is 5.92 Å². The number of benzene rings is 1. The Morgan fingerprint density at radius 2 is 1.96 bits per heavy atom. The van der Waals surface area contributed by atoms with Gasteiger partial charge in [-0.3, -0.25) is 9.69 Å². The number of amides is 1. The molecule has 0 unspecified atom stereocenters. The third-order valence-corrected chi connectivity index (χ3v) is 4.59. The van der Waals surface area contributed by atoms with Crippen molar-refractivity contribution in [2.45, 2.75) is 26.7 Å². The van der Waals surface area contributed by atoms with Crippen LogP contribution in [0.4, 0.5) is 4.39 Å². The van der Waals surface area contributed by atoms with E-state index in [-0.39, 0.29) is 11.7 Å². The van der Waals surface area contributed by atoms with Crippen molar-refractivity contribution < 1.29 is 13.6 Å². The maximum atomic E-state index is 13.8. The molecule has 140 valence electrons. The summed E-state index contributed by atoms with van der Waals surface area (Å²) >= 11 is 0. The van der Waals surface area contributed by atoms with Crippen molar-refractivity contribution in [3.05, 3.63) is 42.2 Å². The maximum absolute atomic E-state index is 13.8. The molecule has 1 saturated heterocycles. The van der Waals surface area contributed by atoms with E-state index in [9.17, 15) is 9.18 Å². The van der Waals surface area contributed by atoms with Gasteiger partial charge in [-0.25, -0.2) is 9.37 Å². The van der Waals surface area contributed by atoms with Crippen molar-refractivity contribution in [2.75, 3.05) is 32.7 Å². The predicted octanol–water partition coefficient (Wildman–Crippen LogP) is 3.21. The van der Waals surface area contributed by atoms with Crippen LogP contribution in [-0.4, -0.2) is 53.4 Å². The van der Waals surface area contributed by atoms with Crippen LogP contribution in [0.3, 0.4) is 0 Å². The van der Waals surface area contributed by atoms with Crippen LogP contribution >= 0.6 is 0 Å². The molecule has 5 nitrogen and oxygen atoms in total. The van der Waals surface area contributed by atoms with Crippen LogP contribution in [0.25, 0.3) is 11.3 Å². The molecule has 0 saturated carbocycles. The molecule has 0 atom stereocenters. The Labute approximate surface area is 153 Å². The minimum absolute atomic E-state index is 0.125. The van der Waals surface area contributed by atoms with E-state index in [1.165, 1.54) is 12.3 Å². The highest BCUT2D eigenvalue weighted by molar-refractivity contribution is 5.76. The number of carbonyl (C=O) groups is 1. The summed E-state index contributed by atoms with van der Waals surface area (Å²) in [6, 6.07) is 6.43. The van der Waals surface area contributed by atoms with E-state index in [0.29, 0.717) is 36.0 Å². The van der Waals surface area contributed by atoms with Gasteiger partial charge in [-0.05, 0) is 18.1 Å². The molecule has 2 heterocycles. The lowest BCUT2D eigenvalue weighted by molar-refractivity contribution is -0.133. The standard InChI is InChI=1S/C20H26FN3O2/c1-15(2)14-23-9-11-24(12-10-23)20(25)8-7-19-22-13-18(26-19)16-5-3-4-6-17(16)21/h3-6,13,15H,7-12,14H2,1-2H3. The molecule has 1 aromatic heterocycles. The van der Waals surface area contributed by atoms with E-state index in [2.05, 4.69) is 23.7 Å². The number of carbonyl (C=O) groups excluding carboxylic acids is 1. The van der Waals surface area contributed by atoms with Crippen molar-refractivity contribution in [3.63, 3.8) is 0 Å². The number of nitrogens with zero attached hydrogens (tertiary/aromatic N) is 3. The van der Waals surface area contributed by atoms with Crippen LogP contribution in [0.2, 0.25) is 0 Å². The fourth-order valence-corrected chi connectivity index (χ4v) is 3.28. The van der Waals surface area contributed by atoms with Crippen LogP contribution in [-0.2, 0) is 11.2 Å². The third kappa shape index (κ3) is 4.69. The Balaban J connectivity index is 1.49. The van der Waals surface area contributed by atoms with Crippen molar-refractivity contribution >= 4 is 5.91 Å². The van der Waals surface area contributed by atoms with Gasteiger partial charge in [-0.15, -0.1) is 0 Å². The number of aromatic nitrogens is 1. The minimum atomic E-state index is -0.342. The molecule has 26 heavy (non-hydrogen) atoms. The SMILES string of the molecule is CC(C)CN1CCN(C(=O)CCc2ncc(-c3ccccc3F)o2)CC1. The van der Waals surface area contributed by atoms with Gasteiger partial charge in [-0.1, -0.05) is 26.0 Å². The first kappa shape index (κ1) is 18.6. The van der Waals surface area contributed by atoms with Crippen molar-refractivity contribution in [1.82, 2.24) is 14.8 Å². The normalized spacial score (nSPS) is 15.6. The zero-order valence-electron chi connectivity index (χ0n) is 15.4. The number of rotatable bonds is 6. The number of hydrogen-bond donors (Lipinski definition) is 0. The summed E-state index contributed by atoms with van der Waals surface area (Å²) in [5.74, 6) is 1.29. The average Bonchev–Trinajstić information content (AvgIpc) is 3.09. The third-order valence-electron chi connectivity index (χ3n) is 4.59. The van der Waals surface area contributed by atoms with Crippen LogP contribution in [0.1, 0.15) is 26.2 Å². The van der Waals surface area contributed by atoms with Gasteiger partial charge in [0.15, 0.2) is 11.7 Å². The number of aryl methyl sites for hydroxylation is 1. The van der Waals surface area contributed by atoms with E-state index in [1.807, 2.05) is 4.90 Å². The zero-order valence-corrected chi connectivity index (χ0v) is 15.4. The highest BCUT2D eigenvalue weighted by Gasteiger charge is 2.21. The summed E-state index contributed by atoms with van der Waals surface area (Å²) in [7, 11) is 0. The zero-order chi connectivity index (χ0) is 18.5. The fourth-order valence-electron chi connectivity index (χ4n) is 3.28. The van der Waals surface area contributed by atoms with Crippen molar-refractivity contribution in [3.8, 4) is 11.3 Å². The molecule has 1 aliphatic heterocycles. The topological polar surface area (TPSA) is 49.6 Å². The quantitative estimate of drug-likeness (QED) is 0.795. The molecule has 0 spiro atoms. The number of halogens is 1. The molecule has 6 heteroatoms. The second kappa shape index (κ2) is 8.45. The summed E-state index contributed by atoms with van der Waals surface area (Å²) in [5, 5.41) is 0. The highest BCUT2D eigenvalue weighted by Crippen LogP contribution is 2.23. The molecule has 2 aromatic rings. The lowest BCUT2D eigenvalue weighted by atomic mass is 10.2. The Morgan fingerprint density at radius 3 is 2.65 bits per heavy atom. The van der Waals surface area contributed by atoms with Crippen LogP contribution in [0.5, 0.6) is 0 Å². The van der Waals surface area contributed by atoms with Gasteiger partial charge in [0.05, 0.1) is 11.8 Å². The first-order valence-corrected chi connectivity index (χ1v) is 9.22. The predicted molar refractivity (Wildman–Crippen MR) is 98.1 cm³/mol. The number of hydrogen-bond acceptors (Lipinski definition) is 4. The second-order valence-electron chi connectivity index (χ2n) is 7.17. The molecule has 0 bridgehead atoms. The molecule has 0 radical (unpaired) electrons. The summed E-state index contributed by atoms with van der Waals surface area (Å²) in [6.07, 6.45) is 2.31. The molecule has 3 rings (SSSR count). The van der Waals surface area contributed by atoms with Crippen LogP contribution in [0.15, 0.2) is 34.9 Å². The van der Waals surface area contributed by atoms with Gasteiger partial charge < -0.3 is 9.32 Å². The van der Waals surface area contributed by atoms with E-state index < -0.39 is 0 Å². The van der Waals surface area contributed by atoms with E-state index >= 15 is 0 Å². The molecular formula is C20H26FN3O2. The minimum Gasteiger partial charge on any atom is -0.441 e. The van der Waals surface area contributed by atoms with E-state index in [0.717, 1.165) is 32.7 Å². The summed E-state index contributed by atoms with van der Waals surface area (Å²) in [6.45, 7) is 8.92. The Bertz CT molecular complexity index is 736. The summed E-state index contributed by atoms with van der Waals surface area (Å²) in [4.78, 5) is 20.9. The van der Waals surface area contributed by atoms with Gasteiger partial charge >= 0.3 is 0 Å². The second-order valence-corrected chi connectivity index (χ2v) is 7.17.